The van der Waals surface area contributed by atoms with Gasteiger partial charge < -0.3 is 0 Å². The molecule has 1 fully saturated rings. The fourth-order valence-electron chi connectivity index (χ4n) is 0.915. The van der Waals surface area contributed by atoms with E-state index < -0.39 is 11.8 Å². The van der Waals surface area contributed by atoms with Gasteiger partial charge in [-0.3, -0.25) is 20.2 Å². The normalized spacial score (nSPS) is 15.3. The third kappa shape index (κ3) is 1.77. The molecule has 14 heavy (non-hydrogen) atoms. The molecule has 0 saturated carbocycles. The van der Waals surface area contributed by atoms with Crippen LogP contribution in [-0.2, 0) is 16.1 Å². The second kappa shape index (κ2) is 3.54. The number of carbonyl (C=O) groups excluding carboxylic acids is 2. The third-order valence-corrected chi connectivity index (χ3v) is 2.19. The highest BCUT2D eigenvalue weighted by atomic mass is 32.1. The number of nitrogens with zero attached hydrogens (tertiary/aromatic N) is 2. The minimum Gasteiger partial charge on any atom is -0.288 e. The Balaban J connectivity index is 2.00. The number of nitrogens with one attached hydrogen (secondary N) is 2. The van der Waals surface area contributed by atoms with Crippen molar-refractivity contribution >= 4 is 29.1 Å². The van der Waals surface area contributed by atoms with Crippen LogP contribution < -0.4 is 10.6 Å². The predicted molar refractivity (Wildman–Crippen MR) is 49.5 cm³/mol. The quantitative estimate of drug-likeness (QED) is 0.630. The molecular weight excluding hydrogens is 204 g/mol. The molecule has 72 valence electrons. The molecule has 1 aliphatic rings. The van der Waals surface area contributed by atoms with Crippen molar-refractivity contribution in [1.29, 1.82) is 0 Å². The van der Waals surface area contributed by atoms with Gasteiger partial charge in [-0.2, -0.15) is 0 Å². The molecule has 2 N–H and O–H groups in total. The topological polar surface area (TPSA) is 83.4 Å². The summed E-state index contributed by atoms with van der Waals surface area (Å²) in [6.07, 6.45) is 0. The molecule has 1 saturated heterocycles. The summed E-state index contributed by atoms with van der Waals surface area (Å²) >= 11 is 1.47. The number of aromatic nitrogens is 1. The maximum atomic E-state index is 10.7. The zero-order valence-electron chi connectivity index (χ0n) is 6.98. The molecule has 0 radical (unpaired) electrons. The van der Waals surface area contributed by atoms with Crippen molar-refractivity contribution in [3.63, 3.8) is 0 Å². The average molecular weight is 210 g/mol. The first-order valence-electron chi connectivity index (χ1n) is 3.79. The number of guanidine groups is 1. The van der Waals surface area contributed by atoms with Gasteiger partial charge in [0.05, 0.1) is 17.7 Å². The Kier molecular flexibility index (Phi) is 2.23. The first-order valence-corrected chi connectivity index (χ1v) is 4.74. The van der Waals surface area contributed by atoms with Crippen LogP contribution in [0, 0.1) is 0 Å². The van der Waals surface area contributed by atoms with Crippen LogP contribution in [0.4, 0.5) is 0 Å². The zero-order valence-corrected chi connectivity index (χ0v) is 7.80. The number of aliphatic imine (C=N–C) groups is 1. The van der Waals surface area contributed by atoms with Gasteiger partial charge >= 0.3 is 11.8 Å². The standard InChI is InChI=1S/C7H6N4O2S/c12-5-6(13)11-7(10-5)8-1-4-2-14-3-9-4/h2-3H,1H2,(H2,8,10,11,12,13). The highest BCUT2D eigenvalue weighted by Crippen LogP contribution is 2.02. The predicted octanol–water partition coefficient (Wildman–Crippen LogP) is -0.755. The first-order chi connectivity index (χ1) is 6.75. The number of hydrogen-bond donors (Lipinski definition) is 2. The van der Waals surface area contributed by atoms with Crippen LogP contribution in [0.2, 0.25) is 0 Å². The number of amides is 2. The summed E-state index contributed by atoms with van der Waals surface area (Å²) in [6, 6.07) is 0. The number of carbonyl (C=O) groups is 2. The Morgan fingerprint density at radius 3 is 2.64 bits per heavy atom. The van der Waals surface area contributed by atoms with Gasteiger partial charge in [-0.25, -0.2) is 9.98 Å². The van der Waals surface area contributed by atoms with Crippen molar-refractivity contribution < 1.29 is 9.59 Å². The average Bonchev–Trinajstić information content (AvgIpc) is 2.74. The van der Waals surface area contributed by atoms with Gasteiger partial charge in [0.15, 0.2) is 0 Å². The largest absolute Gasteiger partial charge is 0.316 e. The molecule has 1 aromatic heterocycles. The Labute approximate surface area is 83.1 Å². The van der Waals surface area contributed by atoms with E-state index in [-0.39, 0.29) is 5.96 Å². The van der Waals surface area contributed by atoms with Crippen LogP contribution >= 0.6 is 11.3 Å². The SMILES string of the molecule is O=C1NC(=NCc2cscn2)NC1=O. The molecule has 0 bridgehead atoms. The van der Waals surface area contributed by atoms with E-state index in [0.29, 0.717) is 6.54 Å². The van der Waals surface area contributed by atoms with Gasteiger partial charge in [-0.15, -0.1) is 11.3 Å². The van der Waals surface area contributed by atoms with E-state index in [4.69, 9.17) is 0 Å². The number of thiazole rings is 1. The third-order valence-electron chi connectivity index (χ3n) is 1.55. The van der Waals surface area contributed by atoms with Gasteiger partial charge in [0, 0.05) is 5.38 Å². The number of hydrogen-bond acceptors (Lipinski definition) is 5. The summed E-state index contributed by atoms with van der Waals surface area (Å²) in [6.45, 7) is 0.347. The molecule has 1 aromatic rings. The van der Waals surface area contributed by atoms with E-state index in [1.807, 2.05) is 5.38 Å². The Morgan fingerprint density at radius 1 is 1.36 bits per heavy atom. The molecule has 2 heterocycles. The van der Waals surface area contributed by atoms with Crippen molar-refractivity contribution in [3.05, 3.63) is 16.6 Å². The van der Waals surface area contributed by atoms with Gasteiger partial charge in [0.2, 0.25) is 5.96 Å². The summed E-state index contributed by atoms with van der Waals surface area (Å²) in [5.74, 6) is -1.17. The van der Waals surface area contributed by atoms with E-state index >= 15 is 0 Å². The molecule has 1 aliphatic heterocycles. The molecule has 0 spiro atoms. The maximum absolute atomic E-state index is 10.7. The van der Waals surface area contributed by atoms with Crippen molar-refractivity contribution in [2.24, 2.45) is 4.99 Å². The minimum absolute atomic E-state index is 0.188. The molecule has 6 nitrogen and oxygen atoms in total. The molecular formula is C7H6N4O2S. The van der Waals surface area contributed by atoms with Crippen LogP contribution in [0.25, 0.3) is 0 Å². The molecule has 0 aromatic carbocycles. The molecule has 2 amide bonds. The second-order valence-electron chi connectivity index (χ2n) is 2.55. The lowest BCUT2D eigenvalue weighted by Crippen LogP contribution is -2.25. The first kappa shape index (κ1) is 8.82. The van der Waals surface area contributed by atoms with E-state index in [0.717, 1.165) is 5.69 Å². The highest BCUT2D eigenvalue weighted by Gasteiger charge is 2.24. The summed E-state index contributed by atoms with van der Waals surface area (Å²) in [5.41, 5.74) is 2.50. The zero-order chi connectivity index (χ0) is 9.97. The van der Waals surface area contributed by atoms with Gasteiger partial charge in [0.25, 0.3) is 0 Å². The van der Waals surface area contributed by atoms with Crippen molar-refractivity contribution in [3.8, 4) is 0 Å². The van der Waals surface area contributed by atoms with Gasteiger partial charge in [-0.05, 0) is 0 Å². The van der Waals surface area contributed by atoms with Crippen LogP contribution in [0.3, 0.4) is 0 Å². The lowest BCUT2D eigenvalue weighted by atomic mass is 10.5. The molecule has 7 heteroatoms. The lowest BCUT2D eigenvalue weighted by molar-refractivity contribution is -0.135. The van der Waals surface area contributed by atoms with Crippen LogP contribution in [0.1, 0.15) is 5.69 Å². The molecule has 0 aliphatic carbocycles. The van der Waals surface area contributed by atoms with E-state index in [1.165, 1.54) is 11.3 Å². The van der Waals surface area contributed by atoms with Crippen LogP contribution in [-0.4, -0.2) is 22.8 Å². The van der Waals surface area contributed by atoms with E-state index in [2.05, 4.69) is 20.6 Å². The van der Waals surface area contributed by atoms with E-state index in [9.17, 15) is 9.59 Å². The fourth-order valence-corrected chi connectivity index (χ4v) is 1.46. The van der Waals surface area contributed by atoms with Gasteiger partial charge in [0.1, 0.15) is 0 Å². The second-order valence-corrected chi connectivity index (χ2v) is 3.27. The lowest BCUT2D eigenvalue weighted by Gasteiger charge is -1.93. The monoisotopic (exact) mass is 210 g/mol. The van der Waals surface area contributed by atoms with Crippen molar-refractivity contribution in [2.45, 2.75) is 6.54 Å². The Morgan fingerprint density at radius 2 is 2.07 bits per heavy atom. The van der Waals surface area contributed by atoms with Crippen LogP contribution in [0.15, 0.2) is 15.9 Å². The van der Waals surface area contributed by atoms with Crippen LogP contribution in [0.5, 0.6) is 0 Å². The minimum atomic E-state index is -0.679. The highest BCUT2D eigenvalue weighted by molar-refractivity contribution is 7.07. The summed E-state index contributed by atoms with van der Waals surface area (Å²) in [4.78, 5) is 29.4. The smallest absolute Gasteiger partial charge is 0.288 e. The Bertz CT molecular complexity index is 380. The van der Waals surface area contributed by atoms with E-state index in [1.54, 1.807) is 5.51 Å². The van der Waals surface area contributed by atoms with Gasteiger partial charge in [-0.1, -0.05) is 0 Å². The molecule has 0 atom stereocenters. The molecule has 2 rings (SSSR count). The number of rotatable bonds is 2. The molecule has 0 unspecified atom stereocenters. The summed E-state index contributed by atoms with van der Waals surface area (Å²) in [5, 5.41) is 6.43. The van der Waals surface area contributed by atoms with Crippen molar-refractivity contribution in [1.82, 2.24) is 15.6 Å². The summed E-state index contributed by atoms with van der Waals surface area (Å²) in [7, 11) is 0. The summed E-state index contributed by atoms with van der Waals surface area (Å²) < 4.78 is 0. The maximum Gasteiger partial charge on any atom is 0.316 e. The Hall–Kier alpha value is -1.76. The fraction of sp³-hybridized carbons (Fsp3) is 0.143. The van der Waals surface area contributed by atoms with Crippen molar-refractivity contribution in [2.75, 3.05) is 0 Å².